The van der Waals surface area contributed by atoms with Gasteiger partial charge in [0.2, 0.25) is 11.6 Å². The molecule has 3 aromatic heterocycles. The van der Waals surface area contributed by atoms with Crippen LogP contribution in [0.25, 0.3) is 10.2 Å². The Hall–Kier alpha value is -3.66. The number of pyridine rings is 1. The first kappa shape index (κ1) is 17.7. The van der Waals surface area contributed by atoms with Crippen molar-refractivity contribution in [2.45, 2.75) is 13.5 Å². The lowest BCUT2D eigenvalue weighted by atomic mass is 10.2. The molecule has 0 saturated carbocycles. The lowest BCUT2D eigenvalue weighted by molar-refractivity contribution is -0.383. The van der Waals surface area contributed by atoms with Crippen LogP contribution in [0, 0.1) is 17.0 Å². The largest absolute Gasteiger partial charge is 0.360 e. The zero-order valence-corrected chi connectivity index (χ0v) is 15.6. The summed E-state index contributed by atoms with van der Waals surface area (Å²) in [6, 6.07) is 9.55. The van der Waals surface area contributed by atoms with E-state index in [1.807, 2.05) is 31.2 Å². The van der Waals surface area contributed by atoms with E-state index >= 15 is 0 Å². The summed E-state index contributed by atoms with van der Waals surface area (Å²) in [5.41, 5.74) is 2.55. The van der Waals surface area contributed by atoms with Gasteiger partial charge in [-0.3, -0.25) is 15.1 Å². The summed E-state index contributed by atoms with van der Waals surface area (Å²) in [6.45, 7) is 2.32. The Bertz CT molecular complexity index is 1150. The number of thiazole rings is 1. The number of nitrogens with zero attached hydrogens (tertiary/aromatic N) is 5. The van der Waals surface area contributed by atoms with Gasteiger partial charge in [-0.15, -0.1) is 0 Å². The van der Waals surface area contributed by atoms with Crippen molar-refractivity contribution in [1.82, 2.24) is 19.9 Å². The molecule has 0 saturated heterocycles. The van der Waals surface area contributed by atoms with Crippen LogP contribution in [-0.4, -0.2) is 24.9 Å². The van der Waals surface area contributed by atoms with Crippen LogP contribution in [0.1, 0.15) is 11.1 Å². The minimum Gasteiger partial charge on any atom is -0.360 e. The van der Waals surface area contributed by atoms with Crippen molar-refractivity contribution in [2.24, 2.45) is 0 Å². The molecule has 0 aliphatic heterocycles. The third-order valence-corrected chi connectivity index (χ3v) is 4.97. The number of anilines is 3. The van der Waals surface area contributed by atoms with Gasteiger partial charge in [-0.2, -0.15) is 0 Å². The minimum atomic E-state index is -0.507. The van der Waals surface area contributed by atoms with Gasteiger partial charge >= 0.3 is 5.69 Å². The molecule has 4 rings (SSSR count). The molecule has 0 amide bonds. The van der Waals surface area contributed by atoms with Crippen molar-refractivity contribution >= 4 is 44.0 Å². The Labute approximate surface area is 163 Å². The molecular formula is C18H15N7O2S. The molecule has 0 atom stereocenters. The van der Waals surface area contributed by atoms with Crippen molar-refractivity contribution in [3.63, 3.8) is 0 Å². The summed E-state index contributed by atoms with van der Waals surface area (Å²) in [7, 11) is 0. The fourth-order valence-electron chi connectivity index (χ4n) is 2.70. The maximum atomic E-state index is 11.7. The molecule has 1 aromatic carbocycles. The zero-order valence-electron chi connectivity index (χ0n) is 14.8. The Balaban J connectivity index is 1.64. The Morgan fingerprint density at radius 3 is 2.79 bits per heavy atom. The molecule has 0 radical (unpaired) electrons. The van der Waals surface area contributed by atoms with E-state index in [0.29, 0.717) is 11.7 Å². The molecule has 0 aliphatic rings. The highest BCUT2D eigenvalue weighted by molar-refractivity contribution is 7.22. The van der Waals surface area contributed by atoms with E-state index in [2.05, 4.69) is 30.6 Å². The normalized spacial score (nSPS) is 10.8. The highest BCUT2D eigenvalue weighted by Gasteiger charge is 2.24. The second kappa shape index (κ2) is 7.53. The van der Waals surface area contributed by atoms with Gasteiger partial charge in [0.05, 0.1) is 15.1 Å². The quantitative estimate of drug-likeness (QED) is 0.372. The first-order chi connectivity index (χ1) is 13.6. The zero-order chi connectivity index (χ0) is 19.5. The van der Waals surface area contributed by atoms with E-state index in [9.17, 15) is 10.1 Å². The molecule has 0 unspecified atom stereocenters. The van der Waals surface area contributed by atoms with Gasteiger partial charge in [0, 0.05) is 18.9 Å². The summed E-state index contributed by atoms with van der Waals surface area (Å²) >= 11 is 1.41. The summed E-state index contributed by atoms with van der Waals surface area (Å²) in [6.07, 6.45) is 4.63. The molecule has 3 heterocycles. The number of nitrogens with one attached hydrogen (secondary N) is 2. The maximum Gasteiger partial charge on any atom is 0.353 e. The second-order valence-corrected chi connectivity index (χ2v) is 6.99. The van der Waals surface area contributed by atoms with Crippen LogP contribution in [0.2, 0.25) is 0 Å². The molecule has 0 fully saturated rings. The Kier molecular flexibility index (Phi) is 4.77. The Morgan fingerprint density at radius 2 is 2.04 bits per heavy atom. The minimum absolute atomic E-state index is 0.0883. The number of benzene rings is 1. The van der Waals surface area contributed by atoms with E-state index < -0.39 is 4.92 Å². The molecule has 0 spiro atoms. The molecule has 2 N–H and O–H groups in total. The average Bonchev–Trinajstić information content (AvgIpc) is 3.11. The van der Waals surface area contributed by atoms with Crippen molar-refractivity contribution in [3.05, 3.63) is 70.3 Å². The fraction of sp³-hybridized carbons (Fsp3) is 0.111. The fourth-order valence-corrected chi connectivity index (χ4v) is 3.64. The van der Waals surface area contributed by atoms with E-state index in [4.69, 9.17) is 0 Å². The smallest absolute Gasteiger partial charge is 0.353 e. The van der Waals surface area contributed by atoms with Gasteiger partial charge in [0.15, 0.2) is 5.13 Å². The number of nitro groups is 1. The molecule has 140 valence electrons. The summed E-state index contributed by atoms with van der Waals surface area (Å²) in [5.74, 6) is 0.217. The molecule has 0 aliphatic carbocycles. The first-order valence-electron chi connectivity index (χ1n) is 8.37. The third kappa shape index (κ3) is 3.58. The average molecular weight is 393 g/mol. The van der Waals surface area contributed by atoms with Gasteiger partial charge in [0.1, 0.15) is 6.33 Å². The van der Waals surface area contributed by atoms with Gasteiger partial charge in [-0.05, 0) is 30.2 Å². The molecular weight excluding hydrogens is 378 g/mol. The number of para-hydroxylation sites is 1. The number of rotatable bonds is 6. The second-order valence-electron chi connectivity index (χ2n) is 5.96. The highest BCUT2D eigenvalue weighted by Crippen LogP contribution is 2.34. The predicted octanol–water partition coefficient (Wildman–Crippen LogP) is 4.05. The van der Waals surface area contributed by atoms with E-state index in [1.165, 1.54) is 17.7 Å². The maximum absolute atomic E-state index is 11.7. The van der Waals surface area contributed by atoms with E-state index in [-0.39, 0.29) is 17.3 Å². The topological polar surface area (TPSA) is 119 Å². The van der Waals surface area contributed by atoms with Crippen LogP contribution in [0.4, 0.5) is 22.5 Å². The van der Waals surface area contributed by atoms with Gasteiger partial charge in [-0.25, -0.2) is 15.0 Å². The third-order valence-electron chi connectivity index (χ3n) is 4.03. The van der Waals surface area contributed by atoms with Crippen molar-refractivity contribution in [2.75, 3.05) is 10.6 Å². The standard InChI is InChI=1S/C18H15N7O2S/c1-11-4-2-6-13-14(11)23-18(28-13)24-17-15(25(26)27)16(21-10-22-17)20-9-12-5-3-7-19-8-12/h2-8,10H,9H2,1H3,(H2,20,21,22,23,24). The van der Waals surface area contributed by atoms with Crippen molar-refractivity contribution in [3.8, 4) is 0 Å². The number of aryl methyl sites for hydroxylation is 1. The van der Waals surface area contributed by atoms with Crippen LogP contribution < -0.4 is 10.6 Å². The molecule has 4 aromatic rings. The summed E-state index contributed by atoms with van der Waals surface area (Å²) in [4.78, 5) is 27.8. The molecule has 28 heavy (non-hydrogen) atoms. The van der Waals surface area contributed by atoms with Crippen LogP contribution >= 0.6 is 11.3 Å². The van der Waals surface area contributed by atoms with Crippen molar-refractivity contribution in [1.29, 1.82) is 0 Å². The lowest BCUT2D eigenvalue weighted by Crippen LogP contribution is -2.08. The predicted molar refractivity (Wildman–Crippen MR) is 108 cm³/mol. The summed E-state index contributed by atoms with van der Waals surface area (Å²) in [5, 5.41) is 18.2. The van der Waals surface area contributed by atoms with Gasteiger partial charge in [0.25, 0.3) is 0 Å². The summed E-state index contributed by atoms with van der Waals surface area (Å²) < 4.78 is 0.995. The Morgan fingerprint density at radius 1 is 1.18 bits per heavy atom. The monoisotopic (exact) mass is 393 g/mol. The van der Waals surface area contributed by atoms with E-state index in [1.54, 1.807) is 18.5 Å². The highest BCUT2D eigenvalue weighted by atomic mass is 32.1. The van der Waals surface area contributed by atoms with Crippen LogP contribution in [0.5, 0.6) is 0 Å². The van der Waals surface area contributed by atoms with Gasteiger partial charge < -0.3 is 10.6 Å². The molecule has 0 bridgehead atoms. The number of hydrogen-bond donors (Lipinski definition) is 2. The van der Waals surface area contributed by atoms with E-state index in [0.717, 1.165) is 21.3 Å². The number of fused-ring (bicyclic) bond motifs is 1. The number of aromatic nitrogens is 4. The van der Waals surface area contributed by atoms with Crippen LogP contribution in [0.15, 0.2) is 49.1 Å². The van der Waals surface area contributed by atoms with Crippen molar-refractivity contribution < 1.29 is 4.92 Å². The van der Waals surface area contributed by atoms with Crippen LogP contribution in [0.3, 0.4) is 0 Å². The van der Waals surface area contributed by atoms with Crippen LogP contribution in [-0.2, 0) is 6.54 Å². The first-order valence-corrected chi connectivity index (χ1v) is 9.19. The SMILES string of the molecule is Cc1cccc2sc(Nc3ncnc(NCc4cccnc4)c3[N+](=O)[O-])nc12. The number of hydrogen-bond acceptors (Lipinski definition) is 9. The van der Waals surface area contributed by atoms with Gasteiger partial charge in [-0.1, -0.05) is 29.5 Å². The molecule has 10 heteroatoms. The lowest BCUT2D eigenvalue weighted by Gasteiger charge is -2.08. The molecule has 9 nitrogen and oxygen atoms in total.